The Morgan fingerprint density at radius 3 is 2.00 bits per heavy atom. The van der Waals surface area contributed by atoms with Crippen molar-refractivity contribution in [3.8, 4) is 12.1 Å². The summed E-state index contributed by atoms with van der Waals surface area (Å²) in [5.41, 5.74) is 3.87. The number of carbonyl (C=O) groups excluding carboxylic acids is 3. The molecule has 0 aromatic heterocycles. The van der Waals surface area contributed by atoms with Gasteiger partial charge in [-0.2, -0.15) is 10.5 Å². The van der Waals surface area contributed by atoms with Gasteiger partial charge in [0, 0.05) is 43.4 Å². The lowest BCUT2D eigenvalue weighted by Gasteiger charge is -2.28. The van der Waals surface area contributed by atoms with Gasteiger partial charge in [0.2, 0.25) is 5.91 Å². The third kappa shape index (κ3) is 11.8. The third-order valence-electron chi connectivity index (χ3n) is 6.85. The highest BCUT2D eigenvalue weighted by molar-refractivity contribution is 5.95. The number of nitro benzene ring substituents is 1. The Bertz CT molecular complexity index is 1560. The van der Waals surface area contributed by atoms with Gasteiger partial charge < -0.3 is 19.7 Å². The van der Waals surface area contributed by atoms with Crippen LogP contribution in [0.4, 0.5) is 28.4 Å². The number of hydrogen-bond acceptors (Lipinski definition) is 12. The van der Waals surface area contributed by atoms with E-state index in [4.69, 9.17) is 9.47 Å². The first kappa shape index (κ1) is 38.3. The Balaban J connectivity index is 2.55. The Kier molecular flexibility index (Phi) is 14.1. The fraction of sp³-hybridized carbons (Fsp3) is 0.382. The van der Waals surface area contributed by atoms with Crippen LogP contribution in [0.15, 0.2) is 55.6 Å². The van der Waals surface area contributed by atoms with Crippen molar-refractivity contribution in [2.45, 2.75) is 40.5 Å². The minimum Gasteiger partial charge on any atom is -0.461 e. The zero-order valence-corrected chi connectivity index (χ0v) is 27.9. The summed E-state index contributed by atoms with van der Waals surface area (Å²) in [5, 5.41) is 35.2. The summed E-state index contributed by atoms with van der Waals surface area (Å²) in [4.78, 5) is 49.1. The van der Waals surface area contributed by atoms with E-state index in [0.717, 1.165) is 30.7 Å². The van der Waals surface area contributed by atoms with Gasteiger partial charge in [-0.05, 0) is 36.0 Å². The van der Waals surface area contributed by atoms with Gasteiger partial charge in [0.15, 0.2) is 0 Å². The van der Waals surface area contributed by atoms with E-state index in [2.05, 4.69) is 44.7 Å². The van der Waals surface area contributed by atoms with E-state index >= 15 is 0 Å². The van der Waals surface area contributed by atoms with Crippen LogP contribution in [0.1, 0.15) is 51.7 Å². The molecule has 0 fully saturated rings. The van der Waals surface area contributed by atoms with Gasteiger partial charge in [-0.1, -0.05) is 40.9 Å². The van der Waals surface area contributed by atoms with Gasteiger partial charge in [-0.25, -0.2) is 9.59 Å². The molecule has 0 aliphatic rings. The number of nitro groups is 1. The molecule has 1 atom stereocenters. The number of esters is 2. The predicted molar refractivity (Wildman–Crippen MR) is 182 cm³/mol. The van der Waals surface area contributed by atoms with Crippen LogP contribution in [0.25, 0.3) is 0 Å². The van der Waals surface area contributed by atoms with Crippen molar-refractivity contribution >= 4 is 46.3 Å². The quantitative estimate of drug-likeness (QED) is 0.0944. The topological polar surface area (TPSA) is 191 Å². The number of benzene rings is 2. The zero-order valence-electron chi connectivity index (χ0n) is 27.9. The van der Waals surface area contributed by atoms with Gasteiger partial charge in [-0.3, -0.25) is 25.3 Å². The molecule has 254 valence electrons. The second kappa shape index (κ2) is 17.7. The van der Waals surface area contributed by atoms with Crippen molar-refractivity contribution in [3.63, 3.8) is 0 Å². The fourth-order valence-corrected chi connectivity index (χ4v) is 5.06. The van der Waals surface area contributed by atoms with Crippen molar-refractivity contribution in [3.05, 3.63) is 76.9 Å². The van der Waals surface area contributed by atoms with Gasteiger partial charge >= 0.3 is 11.9 Å². The number of hydrazine groups is 1. The number of nitriles is 2. The molecule has 0 bridgehead atoms. The lowest BCUT2D eigenvalue weighted by molar-refractivity contribution is -0.384. The molecule has 0 heterocycles. The molecule has 14 nitrogen and oxygen atoms in total. The minimum absolute atomic E-state index is 0.0109. The van der Waals surface area contributed by atoms with Crippen LogP contribution >= 0.6 is 0 Å². The summed E-state index contributed by atoms with van der Waals surface area (Å²) >= 11 is 0. The van der Waals surface area contributed by atoms with Gasteiger partial charge in [0.1, 0.15) is 25.4 Å². The van der Waals surface area contributed by atoms with Gasteiger partial charge in [0.25, 0.3) is 5.69 Å². The number of hydrogen-bond donors (Lipinski definition) is 2. The highest BCUT2D eigenvalue weighted by atomic mass is 16.6. The Morgan fingerprint density at radius 2 is 1.54 bits per heavy atom. The number of nitrogens with zero attached hydrogens (tertiary/aromatic N) is 5. The molecular formula is C34H41N7O7. The minimum atomic E-state index is -0.686. The summed E-state index contributed by atoms with van der Waals surface area (Å²) in [5.74, 6) is -1.40. The van der Waals surface area contributed by atoms with Crippen molar-refractivity contribution in [2.75, 3.05) is 54.0 Å². The van der Waals surface area contributed by atoms with Gasteiger partial charge in [0.05, 0.1) is 46.2 Å². The molecule has 1 amide bonds. The van der Waals surface area contributed by atoms with E-state index in [0.29, 0.717) is 17.1 Å². The maximum absolute atomic E-state index is 13.3. The normalized spacial score (nSPS) is 11.1. The van der Waals surface area contributed by atoms with E-state index in [1.54, 1.807) is 23.1 Å². The molecule has 0 aliphatic carbocycles. The molecule has 1 unspecified atom stereocenters. The molecular weight excluding hydrogens is 618 g/mol. The molecule has 2 aromatic carbocycles. The Hall–Kier alpha value is -5.89. The van der Waals surface area contributed by atoms with Crippen LogP contribution in [0, 0.1) is 44.1 Å². The van der Waals surface area contributed by atoms with E-state index in [-0.39, 0.29) is 66.8 Å². The lowest BCUT2D eigenvalue weighted by atomic mass is 9.84. The molecule has 0 saturated heterocycles. The van der Waals surface area contributed by atoms with Crippen LogP contribution < -0.4 is 20.7 Å². The molecule has 0 aliphatic heterocycles. The number of nitrogens with one attached hydrogen (secondary N) is 2. The van der Waals surface area contributed by atoms with Crippen molar-refractivity contribution < 1.29 is 28.8 Å². The second-order valence-corrected chi connectivity index (χ2v) is 12.1. The SMILES string of the molecule is C=CC(=O)OCCN(CCOC(=O)C=C)c1ccc(NN(C)c2c(C#N)cc([N+](=O)[O-])cc2C#N)c(NC(=O)CC(C)CC(C)(C)C)c1. The molecule has 2 rings (SSSR count). The monoisotopic (exact) mass is 659 g/mol. The van der Waals surface area contributed by atoms with Crippen molar-refractivity contribution in [1.29, 1.82) is 10.5 Å². The van der Waals surface area contributed by atoms with Crippen LogP contribution in [-0.4, -0.2) is 56.1 Å². The second-order valence-electron chi connectivity index (χ2n) is 12.1. The van der Waals surface area contributed by atoms with Crippen molar-refractivity contribution in [1.82, 2.24) is 0 Å². The van der Waals surface area contributed by atoms with Crippen LogP contribution in [0.2, 0.25) is 0 Å². The molecule has 2 N–H and O–H groups in total. The standard InChI is InChI=1S/C34H41N7O7/c1-8-31(43)47-14-12-40(13-15-48-32(44)9-2)26-10-11-28(29(19-26)37-30(42)16-23(3)20-34(4,5)6)38-39(7)33-24(21-35)17-27(41(45)46)18-25(33)22-36/h8-11,17-19,23,38H,1-2,12-16,20H2,3-7H3,(H,37,42). The zero-order chi connectivity index (χ0) is 36.0. The summed E-state index contributed by atoms with van der Waals surface area (Å²) in [6, 6.07) is 11.0. The smallest absolute Gasteiger partial charge is 0.330 e. The molecule has 0 spiro atoms. The summed E-state index contributed by atoms with van der Waals surface area (Å²) in [6.07, 6.45) is 3.13. The summed E-state index contributed by atoms with van der Waals surface area (Å²) in [6.45, 7) is 15.4. The lowest BCUT2D eigenvalue weighted by Crippen LogP contribution is -2.32. The number of rotatable bonds is 17. The number of amides is 1. The predicted octanol–water partition coefficient (Wildman–Crippen LogP) is 5.47. The maximum atomic E-state index is 13.3. The molecule has 48 heavy (non-hydrogen) atoms. The van der Waals surface area contributed by atoms with Gasteiger partial charge in [-0.15, -0.1) is 0 Å². The largest absolute Gasteiger partial charge is 0.461 e. The average molecular weight is 660 g/mol. The molecule has 2 aromatic rings. The highest BCUT2D eigenvalue weighted by Gasteiger charge is 2.22. The first-order valence-electron chi connectivity index (χ1n) is 15.0. The summed E-state index contributed by atoms with van der Waals surface area (Å²) < 4.78 is 10.3. The maximum Gasteiger partial charge on any atom is 0.330 e. The average Bonchev–Trinajstić information content (AvgIpc) is 3.02. The number of anilines is 4. The first-order chi connectivity index (χ1) is 22.6. The number of carbonyl (C=O) groups is 3. The number of ether oxygens (including phenoxy) is 2. The van der Waals surface area contributed by atoms with Crippen LogP contribution in [0.5, 0.6) is 0 Å². The summed E-state index contributed by atoms with van der Waals surface area (Å²) in [7, 11) is 1.53. The Morgan fingerprint density at radius 1 is 1.00 bits per heavy atom. The van der Waals surface area contributed by atoms with Crippen LogP contribution in [-0.2, 0) is 23.9 Å². The molecule has 14 heteroatoms. The van der Waals surface area contributed by atoms with Crippen molar-refractivity contribution in [2.24, 2.45) is 11.3 Å². The van der Waals surface area contributed by atoms with Crippen LogP contribution in [0.3, 0.4) is 0 Å². The van der Waals surface area contributed by atoms with E-state index < -0.39 is 22.5 Å². The molecule has 0 radical (unpaired) electrons. The first-order valence-corrected chi connectivity index (χ1v) is 15.0. The number of non-ortho nitro benzene ring substituents is 1. The fourth-order valence-electron chi connectivity index (χ4n) is 5.06. The third-order valence-corrected chi connectivity index (χ3v) is 6.85. The van der Waals surface area contributed by atoms with E-state index in [1.807, 2.05) is 19.1 Å². The van der Waals surface area contributed by atoms with E-state index in [1.165, 1.54) is 12.1 Å². The van der Waals surface area contributed by atoms with E-state index in [9.17, 15) is 35.0 Å². The highest BCUT2D eigenvalue weighted by Crippen LogP contribution is 2.33. The molecule has 0 saturated carbocycles. The Labute approximate surface area is 280 Å².